The lowest BCUT2D eigenvalue weighted by Gasteiger charge is -2.00. The van der Waals surface area contributed by atoms with Gasteiger partial charge in [0, 0.05) is 4.88 Å². The maximum Gasteiger partial charge on any atom is 0.282 e. The van der Waals surface area contributed by atoms with Crippen molar-refractivity contribution in [2.75, 3.05) is 5.73 Å². The van der Waals surface area contributed by atoms with E-state index in [9.17, 15) is 4.79 Å². The molecule has 2 rings (SSSR count). The van der Waals surface area contributed by atoms with Gasteiger partial charge in [-0.25, -0.2) is 4.98 Å². The van der Waals surface area contributed by atoms with Crippen molar-refractivity contribution >= 4 is 33.7 Å². The molecule has 16 heavy (non-hydrogen) atoms. The van der Waals surface area contributed by atoms with Crippen LogP contribution in [0.3, 0.4) is 0 Å². The molecule has 0 atom stereocenters. The van der Waals surface area contributed by atoms with Crippen molar-refractivity contribution in [1.82, 2.24) is 20.5 Å². The summed E-state index contributed by atoms with van der Waals surface area (Å²) in [6, 6.07) is 0. The summed E-state index contributed by atoms with van der Waals surface area (Å²) in [5.74, 6) is -0.262. The van der Waals surface area contributed by atoms with Crippen molar-refractivity contribution in [2.45, 2.75) is 13.5 Å². The zero-order chi connectivity index (χ0) is 11.5. The van der Waals surface area contributed by atoms with Crippen LogP contribution in [0.1, 0.15) is 20.4 Å². The van der Waals surface area contributed by atoms with Crippen LogP contribution >= 0.6 is 22.7 Å². The molecule has 0 unspecified atom stereocenters. The zero-order valence-corrected chi connectivity index (χ0v) is 10.1. The van der Waals surface area contributed by atoms with E-state index in [4.69, 9.17) is 5.73 Å². The Balaban J connectivity index is 1.96. The molecule has 0 saturated heterocycles. The van der Waals surface area contributed by atoms with Crippen LogP contribution in [-0.4, -0.2) is 21.1 Å². The Kier molecular flexibility index (Phi) is 3.11. The number of aryl methyl sites for hydroxylation is 1. The van der Waals surface area contributed by atoms with Gasteiger partial charge in [-0.15, -0.1) is 21.5 Å². The predicted molar refractivity (Wildman–Crippen MR) is 62.3 cm³/mol. The lowest BCUT2D eigenvalue weighted by molar-refractivity contribution is 0.0950. The number of nitrogens with two attached hydrogens (primary N) is 1. The quantitative estimate of drug-likeness (QED) is 0.846. The molecule has 1 amide bonds. The number of rotatable bonds is 3. The van der Waals surface area contributed by atoms with Gasteiger partial charge in [-0.05, 0) is 6.92 Å². The molecule has 0 aliphatic carbocycles. The van der Waals surface area contributed by atoms with Gasteiger partial charge in [-0.3, -0.25) is 4.79 Å². The molecule has 0 aliphatic heterocycles. The van der Waals surface area contributed by atoms with Crippen molar-refractivity contribution in [3.8, 4) is 0 Å². The highest BCUT2D eigenvalue weighted by molar-refractivity contribution is 7.16. The lowest BCUT2D eigenvalue weighted by atomic mass is 10.4. The molecule has 0 radical (unpaired) electrons. The monoisotopic (exact) mass is 255 g/mol. The number of nitrogens with zero attached hydrogens (tertiary/aromatic N) is 3. The van der Waals surface area contributed by atoms with E-state index in [1.54, 1.807) is 5.51 Å². The standard InChI is InChI=1S/C8H9N5OS2/c1-4-5(15-3-11-4)2-10-6(14)7-12-13-8(9)16-7/h3H,2H2,1H3,(H2,9,13)(H,10,14). The number of aromatic nitrogens is 3. The van der Waals surface area contributed by atoms with E-state index in [0.29, 0.717) is 11.7 Å². The van der Waals surface area contributed by atoms with Gasteiger partial charge in [-0.1, -0.05) is 11.3 Å². The van der Waals surface area contributed by atoms with Gasteiger partial charge in [0.2, 0.25) is 10.1 Å². The summed E-state index contributed by atoms with van der Waals surface area (Å²) in [7, 11) is 0. The highest BCUT2D eigenvalue weighted by Crippen LogP contribution is 2.13. The first kappa shape index (κ1) is 11.0. The molecule has 6 nitrogen and oxygen atoms in total. The number of nitrogens with one attached hydrogen (secondary N) is 1. The van der Waals surface area contributed by atoms with Gasteiger partial charge >= 0.3 is 0 Å². The molecule has 84 valence electrons. The van der Waals surface area contributed by atoms with Crippen LogP contribution in [0.15, 0.2) is 5.51 Å². The summed E-state index contributed by atoms with van der Waals surface area (Å²) in [6.45, 7) is 2.36. The number of hydrogen-bond acceptors (Lipinski definition) is 7. The van der Waals surface area contributed by atoms with Gasteiger partial charge in [0.15, 0.2) is 0 Å². The number of thiazole rings is 1. The molecule has 0 spiro atoms. The van der Waals surface area contributed by atoms with Crippen LogP contribution in [0.5, 0.6) is 0 Å². The van der Waals surface area contributed by atoms with Crippen molar-refractivity contribution in [3.05, 3.63) is 21.1 Å². The van der Waals surface area contributed by atoms with Crippen LogP contribution < -0.4 is 11.1 Å². The van der Waals surface area contributed by atoms with Crippen LogP contribution in [-0.2, 0) is 6.54 Å². The largest absolute Gasteiger partial charge is 0.374 e. The summed E-state index contributed by atoms with van der Waals surface area (Å²) in [4.78, 5) is 16.7. The molecule has 0 aromatic carbocycles. The first-order valence-electron chi connectivity index (χ1n) is 4.43. The van der Waals surface area contributed by atoms with Gasteiger partial charge in [0.25, 0.3) is 5.91 Å². The van der Waals surface area contributed by atoms with Crippen LogP contribution in [0, 0.1) is 6.92 Å². The minimum atomic E-state index is -0.262. The topological polar surface area (TPSA) is 93.8 Å². The Morgan fingerprint density at radius 2 is 2.38 bits per heavy atom. The number of carbonyl (C=O) groups is 1. The molecule has 2 aromatic heterocycles. The van der Waals surface area contributed by atoms with Crippen molar-refractivity contribution in [1.29, 1.82) is 0 Å². The van der Waals surface area contributed by atoms with E-state index in [0.717, 1.165) is 21.9 Å². The second kappa shape index (κ2) is 4.54. The first-order valence-corrected chi connectivity index (χ1v) is 6.12. The van der Waals surface area contributed by atoms with Gasteiger partial charge in [-0.2, -0.15) is 0 Å². The SMILES string of the molecule is Cc1ncsc1CNC(=O)c1nnc(N)s1. The van der Waals surface area contributed by atoms with E-state index in [1.807, 2.05) is 6.92 Å². The summed E-state index contributed by atoms with van der Waals surface area (Å²) in [6.07, 6.45) is 0. The number of nitrogen functional groups attached to an aromatic ring is 1. The van der Waals surface area contributed by atoms with Crippen LogP contribution in [0.25, 0.3) is 0 Å². The van der Waals surface area contributed by atoms with E-state index in [2.05, 4.69) is 20.5 Å². The minimum Gasteiger partial charge on any atom is -0.374 e. The van der Waals surface area contributed by atoms with E-state index in [-0.39, 0.29) is 10.9 Å². The van der Waals surface area contributed by atoms with E-state index in [1.165, 1.54) is 11.3 Å². The van der Waals surface area contributed by atoms with Crippen molar-refractivity contribution < 1.29 is 4.79 Å². The van der Waals surface area contributed by atoms with Gasteiger partial charge in [0.1, 0.15) is 0 Å². The number of hydrogen-bond donors (Lipinski definition) is 2. The Bertz CT molecular complexity index is 506. The second-order valence-corrected chi connectivity index (χ2v) is 4.94. The highest BCUT2D eigenvalue weighted by Gasteiger charge is 2.11. The molecule has 2 heterocycles. The fourth-order valence-corrected chi connectivity index (χ4v) is 2.30. The van der Waals surface area contributed by atoms with E-state index >= 15 is 0 Å². The normalized spacial score (nSPS) is 10.3. The molecule has 2 aromatic rings. The second-order valence-electron chi connectivity index (χ2n) is 2.99. The zero-order valence-electron chi connectivity index (χ0n) is 8.43. The predicted octanol–water partition coefficient (Wildman–Crippen LogP) is 0.815. The Hall–Kier alpha value is -1.54. The maximum atomic E-state index is 11.6. The molecule has 0 saturated carbocycles. The average molecular weight is 255 g/mol. The van der Waals surface area contributed by atoms with Crippen LogP contribution in [0.4, 0.5) is 5.13 Å². The van der Waals surface area contributed by atoms with Gasteiger partial charge < -0.3 is 11.1 Å². The minimum absolute atomic E-state index is 0.262. The fourth-order valence-electron chi connectivity index (χ4n) is 1.06. The van der Waals surface area contributed by atoms with E-state index < -0.39 is 0 Å². The maximum absolute atomic E-state index is 11.6. The fraction of sp³-hybridized carbons (Fsp3) is 0.250. The summed E-state index contributed by atoms with van der Waals surface area (Å²) in [5.41, 5.74) is 8.07. The summed E-state index contributed by atoms with van der Waals surface area (Å²) in [5, 5.41) is 10.5. The molecule has 0 fully saturated rings. The number of anilines is 1. The molecule has 0 bridgehead atoms. The molecule has 0 aliphatic rings. The van der Waals surface area contributed by atoms with Crippen molar-refractivity contribution in [2.24, 2.45) is 0 Å². The molecule has 8 heteroatoms. The molecule has 3 N–H and O–H groups in total. The van der Waals surface area contributed by atoms with Crippen LogP contribution in [0.2, 0.25) is 0 Å². The third kappa shape index (κ3) is 2.34. The average Bonchev–Trinajstić information content (AvgIpc) is 2.84. The highest BCUT2D eigenvalue weighted by atomic mass is 32.1. The third-order valence-electron chi connectivity index (χ3n) is 1.89. The third-order valence-corrected chi connectivity index (χ3v) is 3.58. The lowest BCUT2D eigenvalue weighted by Crippen LogP contribution is -2.22. The Morgan fingerprint density at radius 1 is 1.56 bits per heavy atom. The van der Waals surface area contributed by atoms with Gasteiger partial charge in [0.05, 0.1) is 17.7 Å². The first-order chi connectivity index (χ1) is 7.66. The Morgan fingerprint density at radius 3 is 2.94 bits per heavy atom. The molecular weight excluding hydrogens is 246 g/mol. The molecular formula is C8H9N5OS2. The summed E-state index contributed by atoms with van der Waals surface area (Å²) >= 11 is 2.58. The number of carbonyl (C=O) groups excluding carboxylic acids is 1. The summed E-state index contributed by atoms with van der Waals surface area (Å²) < 4.78 is 0. The number of amides is 1. The Labute approximate surface area is 99.5 Å². The van der Waals surface area contributed by atoms with Crippen molar-refractivity contribution in [3.63, 3.8) is 0 Å². The smallest absolute Gasteiger partial charge is 0.282 e.